The van der Waals surface area contributed by atoms with Crippen molar-refractivity contribution in [3.8, 4) is 5.75 Å². The molecule has 94 valence electrons. The molecule has 0 radical (unpaired) electrons. The first-order valence-electron chi connectivity index (χ1n) is 6.09. The molecular weight excluding hydrogens is 216 g/mol. The molecule has 1 fully saturated rings. The van der Waals surface area contributed by atoms with E-state index in [4.69, 9.17) is 14.2 Å². The van der Waals surface area contributed by atoms with Crippen molar-refractivity contribution in [3.05, 3.63) is 28.8 Å². The van der Waals surface area contributed by atoms with Crippen LogP contribution in [0.25, 0.3) is 0 Å². The van der Waals surface area contributed by atoms with E-state index >= 15 is 0 Å². The van der Waals surface area contributed by atoms with E-state index in [1.54, 1.807) is 0 Å². The van der Waals surface area contributed by atoms with Gasteiger partial charge in [-0.25, -0.2) is 0 Å². The summed E-state index contributed by atoms with van der Waals surface area (Å²) < 4.78 is 17.0. The Bertz CT molecular complexity index is 383. The Morgan fingerprint density at radius 2 is 1.71 bits per heavy atom. The van der Waals surface area contributed by atoms with E-state index in [1.165, 1.54) is 0 Å². The van der Waals surface area contributed by atoms with Gasteiger partial charge in [0.15, 0.2) is 5.79 Å². The highest BCUT2D eigenvalue weighted by Crippen LogP contribution is 2.36. The zero-order valence-electron chi connectivity index (χ0n) is 11.0. The van der Waals surface area contributed by atoms with Crippen molar-refractivity contribution in [1.29, 1.82) is 0 Å². The summed E-state index contributed by atoms with van der Waals surface area (Å²) in [6.07, 6.45) is 0. The maximum atomic E-state index is 5.72. The van der Waals surface area contributed by atoms with Gasteiger partial charge in [-0.3, -0.25) is 0 Å². The highest BCUT2D eigenvalue weighted by Gasteiger charge is 2.35. The molecule has 1 aliphatic rings. The maximum Gasteiger partial charge on any atom is 0.192 e. The topological polar surface area (TPSA) is 27.7 Å². The summed E-state index contributed by atoms with van der Waals surface area (Å²) in [7, 11) is 0. The van der Waals surface area contributed by atoms with Crippen molar-refractivity contribution in [1.82, 2.24) is 0 Å². The van der Waals surface area contributed by atoms with Gasteiger partial charge in [-0.05, 0) is 51.0 Å². The fourth-order valence-electron chi connectivity index (χ4n) is 2.55. The molecule has 1 aliphatic heterocycles. The predicted molar refractivity (Wildman–Crippen MR) is 66.3 cm³/mol. The van der Waals surface area contributed by atoms with Crippen LogP contribution in [0.2, 0.25) is 0 Å². The van der Waals surface area contributed by atoms with Gasteiger partial charge in [-0.15, -0.1) is 0 Å². The van der Waals surface area contributed by atoms with Crippen LogP contribution < -0.4 is 4.74 Å². The second kappa shape index (κ2) is 4.67. The van der Waals surface area contributed by atoms with Crippen LogP contribution >= 0.6 is 0 Å². The van der Waals surface area contributed by atoms with Crippen LogP contribution in [0.1, 0.15) is 30.5 Å². The summed E-state index contributed by atoms with van der Waals surface area (Å²) in [5.74, 6) is 0.312. The number of benzene rings is 1. The van der Waals surface area contributed by atoms with Crippen molar-refractivity contribution < 1.29 is 14.2 Å². The molecule has 1 aromatic carbocycles. The minimum Gasteiger partial charge on any atom is -0.494 e. The van der Waals surface area contributed by atoms with E-state index < -0.39 is 5.79 Å². The summed E-state index contributed by atoms with van der Waals surface area (Å²) in [6.45, 7) is 10.1. The molecule has 17 heavy (non-hydrogen) atoms. The van der Waals surface area contributed by atoms with E-state index in [1.807, 2.05) is 26.0 Å². The predicted octanol–water partition coefficient (Wildman–Crippen LogP) is 2.92. The lowest BCUT2D eigenvalue weighted by molar-refractivity contribution is -0.150. The van der Waals surface area contributed by atoms with Crippen LogP contribution in [0.15, 0.2) is 12.1 Å². The van der Waals surface area contributed by atoms with E-state index in [9.17, 15) is 0 Å². The Balaban J connectivity index is 2.41. The Hall–Kier alpha value is -1.06. The van der Waals surface area contributed by atoms with Gasteiger partial charge in [0.05, 0.1) is 19.8 Å². The molecule has 0 atom stereocenters. The number of hydrogen-bond donors (Lipinski definition) is 0. The van der Waals surface area contributed by atoms with E-state index in [0.29, 0.717) is 19.8 Å². The molecule has 2 rings (SSSR count). The van der Waals surface area contributed by atoms with Gasteiger partial charge < -0.3 is 14.2 Å². The SMILES string of the molecule is CCOc1cc(C)c(C2(C)OCCO2)c(C)c1. The zero-order valence-corrected chi connectivity index (χ0v) is 11.0. The Morgan fingerprint density at radius 3 is 2.18 bits per heavy atom. The molecule has 1 heterocycles. The van der Waals surface area contributed by atoms with Gasteiger partial charge in [-0.2, -0.15) is 0 Å². The molecule has 0 saturated carbocycles. The molecule has 1 saturated heterocycles. The Labute approximate surface area is 103 Å². The van der Waals surface area contributed by atoms with Crippen molar-refractivity contribution >= 4 is 0 Å². The average molecular weight is 236 g/mol. The number of ether oxygens (including phenoxy) is 3. The highest BCUT2D eigenvalue weighted by atomic mass is 16.7. The standard InChI is InChI=1S/C14H20O3/c1-5-15-12-8-10(2)13(11(3)9-12)14(4)16-6-7-17-14/h8-9H,5-7H2,1-4H3. The number of rotatable bonds is 3. The van der Waals surface area contributed by atoms with Crippen LogP contribution in [0.4, 0.5) is 0 Å². The third-order valence-electron chi connectivity index (χ3n) is 3.11. The molecule has 3 heteroatoms. The lowest BCUT2D eigenvalue weighted by Crippen LogP contribution is -2.25. The Morgan fingerprint density at radius 1 is 1.18 bits per heavy atom. The number of aryl methyl sites for hydroxylation is 2. The first kappa shape index (κ1) is 12.4. The molecular formula is C14H20O3. The van der Waals surface area contributed by atoms with E-state index in [2.05, 4.69) is 13.8 Å². The van der Waals surface area contributed by atoms with Crippen LogP contribution in [0.5, 0.6) is 5.75 Å². The van der Waals surface area contributed by atoms with Crippen LogP contribution in [0.3, 0.4) is 0 Å². The third kappa shape index (κ3) is 2.31. The first-order valence-corrected chi connectivity index (χ1v) is 6.09. The van der Waals surface area contributed by atoms with Crippen molar-refractivity contribution in [3.63, 3.8) is 0 Å². The average Bonchev–Trinajstić information content (AvgIpc) is 2.65. The van der Waals surface area contributed by atoms with Gasteiger partial charge in [0.2, 0.25) is 0 Å². The molecule has 0 unspecified atom stereocenters. The molecule has 3 nitrogen and oxygen atoms in total. The third-order valence-corrected chi connectivity index (χ3v) is 3.11. The second-order valence-electron chi connectivity index (χ2n) is 4.51. The van der Waals surface area contributed by atoms with Crippen molar-refractivity contribution in [2.75, 3.05) is 19.8 Å². The zero-order chi connectivity index (χ0) is 12.5. The largest absolute Gasteiger partial charge is 0.494 e. The van der Waals surface area contributed by atoms with Gasteiger partial charge >= 0.3 is 0 Å². The molecule has 1 aromatic rings. The second-order valence-corrected chi connectivity index (χ2v) is 4.51. The van der Waals surface area contributed by atoms with Crippen LogP contribution in [0, 0.1) is 13.8 Å². The maximum absolute atomic E-state index is 5.72. The van der Waals surface area contributed by atoms with Crippen molar-refractivity contribution in [2.24, 2.45) is 0 Å². The van der Waals surface area contributed by atoms with Crippen LogP contribution in [-0.2, 0) is 15.3 Å². The highest BCUT2D eigenvalue weighted by molar-refractivity contribution is 5.43. The van der Waals surface area contributed by atoms with Gasteiger partial charge in [0.25, 0.3) is 0 Å². The monoisotopic (exact) mass is 236 g/mol. The molecule has 0 aliphatic carbocycles. The minimum atomic E-state index is -0.598. The molecule has 0 N–H and O–H groups in total. The quantitative estimate of drug-likeness (QED) is 0.807. The number of hydrogen-bond acceptors (Lipinski definition) is 3. The Kier molecular flexibility index (Phi) is 3.40. The van der Waals surface area contributed by atoms with E-state index in [0.717, 1.165) is 22.4 Å². The van der Waals surface area contributed by atoms with Gasteiger partial charge in [-0.1, -0.05) is 0 Å². The molecule has 0 aromatic heterocycles. The lowest BCUT2D eigenvalue weighted by atomic mass is 9.95. The van der Waals surface area contributed by atoms with Gasteiger partial charge in [0, 0.05) is 5.56 Å². The summed E-state index contributed by atoms with van der Waals surface area (Å²) >= 11 is 0. The molecule has 0 amide bonds. The smallest absolute Gasteiger partial charge is 0.192 e. The molecule has 0 spiro atoms. The van der Waals surface area contributed by atoms with Gasteiger partial charge in [0.1, 0.15) is 5.75 Å². The summed E-state index contributed by atoms with van der Waals surface area (Å²) in [5.41, 5.74) is 3.43. The minimum absolute atomic E-state index is 0.598. The normalized spacial score (nSPS) is 18.4. The summed E-state index contributed by atoms with van der Waals surface area (Å²) in [4.78, 5) is 0. The summed E-state index contributed by atoms with van der Waals surface area (Å²) in [6, 6.07) is 4.09. The lowest BCUT2D eigenvalue weighted by Gasteiger charge is -2.27. The summed E-state index contributed by atoms with van der Waals surface area (Å²) in [5, 5.41) is 0. The molecule has 0 bridgehead atoms. The van der Waals surface area contributed by atoms with E-state index in [-0.39, 0.29) is 0 Å². The van der Waals surface area contributed by atoms with Crippen molar-refractivity contribution in [2.45, 2.75) is 33.5 Å². The fourth-order valence-corrected chi connectivity index (χ4v) is 2.55. The first-order chi connectivity index (χ1) is 8.07. The fraction of sp³-hybridized carbons (Fsp3) is 0.571. The van der Waals surface area contributed by atoms with Crippen LogP contribution in [-0.4, -0.2) is 19.8 Å².